The molecule has 2 nitrogen and oxygen atoms in total. The summed E-state index contributed by atoms with van der Waals surface area (Å²) in [4.78, 5) is 11.7. The molecule has 1 aliphatic rings. The molecule has 3 atom stereocenters. The van der Waals surface area contributed by atoms with Crippen molar-refractivity contribution in [1.29, 1.82) is 0 Å². The predicted octanol–water partition coefficient (Wildman–Crippen LogP) is 3.48. The van der Waals surface area contributed by atoms with E-state index in [0.29, 0.717) is 0 Å². The fraction of sp³-hybridized carbons (Fsp3) is 0.909. The average molecular weight is 287 g/mol. The Balaban J connectivity index is 2.84. The lowest BCUT2D eigenvalue weighted by atomic mass is 9.90. The summed E-state index contributed by atoms with van der Waals surface area (Å²) in [5.41, 5.74) is 0. The lowest BCUT2D eigenvalue weighted by Gasteiger charge is -2.28. The Morgan fingerprint density at radius 3 is 2.50 bits per heavy atom. The smallest absolute Gasteiger partial charge is 0.257 e. The van der Waals surface area contributed by atoms with Crippen LogP contribution in [-0.2, 0) is 4.79 Å². The molecular weight excluding hydrogens is 268 g/mol. The first-order valence-corrected chi connectivity index (χ1v) is 6.97. The molecule has 0 aromatic heterocycles. The zero-order valence-corrected chi connectivity index (χ0v) is 11.9. The predicted molar refractivity (Wildman–Crippen MR) is 69.3 cm³/mol. The maximum Gasteiger partial charge on any atom is 0.257 e. The maximum absolute atomic E-state index is 11.7. The van der Waals surface area contributed by atoms with Crippen LogP contribution >= 0.6 is 34.8 Å². The van der Waals surface area contributed by atoms with Crippen LogP contribution in [0.3, 0.4) is 0 Å². The van der Waals surface area contributed by atoms with Gasteiger partial charge in [0.2, 0.25) is 4.33 Å². The van der Waals surface area contributed by atoms with Crippen LogP contribution in [0.2, 0.25) is 0 Å². The highest BCUT2D eigenvalue weighted by atomic mass is 35.5. The van der Waals surface area contributed by atoms with Crippen molar-refractivity contribution >= 4 is 40.7 Å². The molecule has 1 fully saturated rings. The lowest BCUT2D eigenvalue weighted by Crippen LogP contribution is -2.37. The molecule has 1 heterocycles. The molecular formula is C11H18Cl3NO. The van der Waals surface area contributed by atoms with Crippen LogP contribution in [0.15, 0.2) is 0 Å². The highest BCUT2D eigenvalue weighted by Crippen LogP contribution is 2.44. The maximum atomic E-state index is 11.7. The zero-order valence-electron chi connectivity index (χ0n) is 9.60. The summed E-state index contributed by atoms with van der Waals surface area (Å²) in [6, 6.07) is 0.00144. The summed E-state index contributed by atoms with van der Waals surface area (Å²) in [6.07, 6.45) is 3.62. The fourth-order valence-corrected chi connectivity index (χ4v) is 3.68. The minimum absolute atomic E-state index is 0.00144. The Hall–Kier alpha value is 0.340. The number of hydrogen-bond donors (Lipinski definition) is 1. The normalized spacial score (nSPS) is 30.2. The van der Waals surface area contributed by atoms with Gasteiger partial charge in [-0.25, -0.2) is 0 Å². The molecule has 1 rings (SSSR count). The first-order valence-electron chi connectivity index (χ1n) is 5.78. The quantitative estimate of drug-likeness (QED) is 0.770. The SMILES string of the molecule is CCCC(Cl)[C@@H]1[C@@H](CCC)NC(=O)C1(Cl)Cl. The summed E-state index contributed by atoms with van der Waals surface area (Å²) in [5, 5.41) is 2.69. The zero-order chi connectivity index (χ0) is 12.3. The van der Waals surface area contributed by atoms with Crippen LogP contribution in [0, 0.1) is 5.92 Å². The number of hydrogen-bond acceptors (Lipinski definition) is 1. The van der Waals surface area contributed by atoms with E-state index in [1.807, 2.05) is 0 Å². The lowest BCUT2D eigenvalue weighted by molar-refractivity contribution is -0.120. The minimum Gasteiger partial charge on any atom is -0.350 e. The number of alkyl halides is 3. The van der Waals surface area contributed by atoms with E-state index in [1.165, 1.54) is 0 Å². The first kappa shape index (κ1) is 14.4. The fourth-order valence-electron chi connectivity index (χ4n) is 2.26. The molecule has 1 saturated heterocycles. The summed E-state index contributed by atoms with van der Waals surface area (Å²) < 4.78 is -1.37. The second kappa shape index (κ2) is 5.79. The van der Waals surface area contributed by atoms with Crippen molar-refractivity contribution in [3.05, 3.63) is 0 Å². The van der Waals surface area contributed by atoms with Gasteiger partial charge in [-0.1, -0.05) is 49.9 Å². The topological polar surface area (TPSA) is 29.1 Å². The number of carbonyl (C=O) groups excluding carboxylic acids is 1. The number of nitrogens with one attached hydrogen (secondary N) is 1. The Kier molecular flexibility index (Phi) is 5.21. The molecule has 1 amide bonds. The van der Waals surface area contributed by atoms with E-state index in [-0.39, 0.29) is 23.2 Å². The Labute approximate surface area is 112 Å². The molecule has 1 aliphatic heterocycles. The van der Waals surface area contributed by atoms with Gasteiger partial charge in [0.05, 0.1) is 0 Å². The minimum atomic E-state index is -1.37. The van der Waals surface area contributed by atoms with Gasteiger partial charge in [0.15, 0.2) is 0 Å². The van der Waals surface area contributed by atoms with Crippen molar-refractivity contribution in [2.24, 2.45) is 5.92 Å². The van der Waals surface area contributed by atoms with Crippen molar-refractivity contribution in [3.8, 4) is 0 Å². The van der Waals surface area contributed by atoms with Gasteiger partial charge < -0.3 is 5.32 Å². The number of rotatable bonds is 5. The summed E-state index contributed by atoms with van der Waals surface area (Å²) in [5.74, 6) is -0.508. The molecule has 0 saturated carbocycles. The van der Waals surface area contributed by atoms with Gasteiger partial charge in [-0.2, -0.15) is 0 Å². The summed E-state index contributed by atoms with van der Waals surface area (Å²) in [6.45, 7) is 4.12. The van der Waals surface area contributed by atoms with Crippen molar-refractivity contribution in [2.75, 3.05) is 0 Å². The third-order valence-electron chi connectivity index (χ3n) is 3.03. The molecule has 0 bridgehead atoms. The highest BCUT2D eigenvalue weighted by molar-refractivity contribution is 6.59. The van der Waals surface area contributed by atoms with E-state index in [2.05, 4.69) is 19.2 Å². The molecule has 5 heteroatoms. The van der Waals surface area contributed by atoms with E-state index in [9.17, 15) is 4.79 Å². The van der Waals surface area contributed by atoms with Gasteiger partial charge >= 0.3 is 0 Å². The molecule has 1 unspecified atom stereocenters. The standard InChI is InChI=1S/C11H18Cl3NO/c1-3-5-7(12)9-8(6-4-2)15-10(16)11(9,13)14/h7-9H,3-6H2,1-2H3,(H,15,16)/t7?,8-,9-/m1/s1. The van der Waals surface area contributed by atoms with Gasteiger partial charge in [0.25, 0.3) is 5.91 Å². The van der Waals surface area contributed by atoms with Crippen molar-refractivity contribution in [1.82, 2.24) is 5.32 Å². The second-order valence-corrected chi connectivity index (χ2v) is 6.27. The Morgan fingerprint density at radius 1 is 1.38 bits per heavy atom. The van der Waals surface area contributed by atoms with E-state index >= 15 is 0 Å². The van der Waals surface area contributed by atoms with Crippen molar-refractivity contribution in [2.45, 2.75) is 55.3 Å². The van der Waals surface area contributed by atoms with E-state index in [0.717, 1.165) is 25.7 Å². The average Bonchev–Trinajstić information content (AvgIpc) is 2.38. The Bertz CT molecular complexity index is 258. The second-order valence-electron chi connectivity index (χ2n) is 4.32. The summed E-state index contributed by atoms with van der Waals surface area (Å²) >= 11 is 18.5. The molecule has 16 heavy (non-hydrogen) atoms. The van der Waals surface area contributed by atoms with Crippen LogP contribution in [0.4, 0.5) is 0 Å². The van der Waals surface area contributed by atoms with Crippen LogP contribution < -0.4 is 5.32 Å². The van der Waals surface area contributed by atoms with Crippen LogP contribution in [0.1, 0.15) is 39.5 Å². The van der Waals surface area contributed by atoms with Gasteiger partial charge in [-0.15, -0.1) is 11.6 Å². The van der Waals surface area contributed by atoms with Crippen molar-refractivity contribution in [3.63, 3.8) is 0 Å². The largest absolute Gasteiger partial charge is 0.350 e. The molecule has 0 spiro atoms. The van der Waals surface area contributed by atoms with Crippen LogP contribution in [-0.4, -0.2) is 21.7 Å². The Morgan fingerprint density at radius 2 is 2.00 bits per heavy atom. The molecule has 0 radical (unpaired) electrons. The van der Waals surface area contributed by atoms with E-state index in [4.69, 9.17) is 34.8 Å². The van der Waals surface area contributed by atoms with E-state index < -0.39 is 4.33 Å². The molecule has 0 aliphatic carbocycles. The summed E-state index contributed by atoms with van der Waals surface area (Å²) in [7, 11) is 0. The van der Waals surface area contributed by atoms with Gasteiger partial charge in [-0.3, -0.25) is 4.79 Å². The highest BCUT2D eigenvalue weighted by Gasteiger charge is 2.55. The molecule has 94 valence electrons. The monoisotopic (exact) mass is 285 g/mol. The third-order valence-corrected chi connectivity index (χ3v) is 4.36. The van der Waals surface area contributed by atoms with Gasteiger partial charge in [-0.05, 0) is 12.8 Å². The van der Waals surface area contributed by atoms with Crippen LogP contribution in [0.25, 0.3) is 0 Å². The molecule has 0 aromatic carbocycles. The number of halogens is 3. The van der Waals surface area contributed by atoms with E-state index in [1.54, 1.807) is 0 Å². The molecule has 0 aromatic rings. The van der Waals surface area contributed by atoms with Crippen LogP contribution in [0.5, 0.6) is 0 Å². The third kappa shape index (κ3) is 2.77. The first-order chi connectivity index (χ1) is 7.45. The number of carbonyl (C=O) groups is 1. The molecule has 1 N–H and O–H groups in total. The number of amides is 1. The van der Waals surface area contributed by atoms with Crippen molar-refractivity contribution < 1.29 is 4.79 Å². The van der Waals surface area contributed by atoms with Gasteiger partial charge in [0, 0.05) is 17.3 Å². The van der Waals surface area contributed by atoms with Gasteiger partial charge in [0.1, 0.15) is 0 Å².